The van der Waals surface area contributed by atoms with Crippen LogP contribution in [0.15, 0.2) is 47.5 Å². The largest absolute Gasteiger partial charge is 0.497 e. The van der Waals surface area contributed by atoms with E-state index in [4.69, 9.17) is 15.2 Å². The molecule has 0 aliphatic carbocycles. The fraction of sp³-hybridized carbons (Fsp3) is 0.278. The normalized spacial score (nSPS) is 10.7. The lowest BCUT2D eigenvalue weighted by Gasteiger charge is -2.10. The standard InChI is InChI=1S/C18H23N3O2.HI/c1-4-23-17-10-13(2)8-9-14(17)12-20-18(19)21-15-6-5-7-16(11-15)22-3;/h5-11H,4,12H2,1-3H3,(H3,19,20,21);1H. The first-order valence-electron chi connectivity index (χ1n) is 7.55. The van der Waals surface area contributed by atoms with E-state index >= 15 is 0 Å². The first-order valence-corrected chi connectivity index (χ1v) is 7.55. The first-order chi connectivity index (χ1) is 11.1. The molecule has 2 aromatic rings. The van der Waals surface area contributed by atoms with Crippen molar-refractivity contribution in [1.29, 1.82) is 0 Å². The lowest BCUT2D eigenvalue weighted by molar-refractivity contribution is 0.336. The van der Waals surface area contributed by atoms with Crippen molar-refractivity contribution in [3.05, 3.63) is 53.6 Å². The van der Waals surface area contributed by atoms with E-state index in [2.05, 4.69) is 10.3 Å². The van der Waals surface area contributed by atoms with Gasteiger partial charge in [0.05, 0.1) is 20.3 Å². The van der Waals surface area contributed by atoms with Crippen molar-refractivity contribution in [2.45, 2.75) is 20.4 Å². The van der Waals surface area contributed by atoms with Gasteiger partial charge in [0.25, 0.3) is 0 Å². The number of guanidine groups is 1. The summed E-state index contributed by atoms with van der Waals surface area (Å²) in [4.78, 5) is 4.38. The average molecular weight is 441 g/mol. The van der Waals surface area contributed by atoms with Crippen molar-refractivity contribution in [2.24, 2.45) is 10.7 Å². The Labute approximate surface area is 160 Å². The minimum absolute atomic E-state index is 0. The molecule has 0 heterocycles. The molecule has 0 spiro atoms. The first kappa shape index (κ1) is 20.1. The fourth-order valence-electron chi connectivity index (χ4n) is 2.14. The van der Waals surface area contributed by atoms with Gasteiger partial charge in [0.15, 0.2) is 5.96 Å². The molecule has 5 nitrogen and oxygen atoms in total. The molecular formula is C18H24IN3O2. The number of halogens is 1. The molecule has 0 saturated heterocycles. The van der Waals surface area contributed by atoms with Gasteiger partial charge in [-0.25, -0.2) is 4.99 Å². The number of nitrogens with two attached hydrogens (primary N) is 1. The zero-order chi connectivity index (χ0) is 16.7. The number of aryl methyl sites for hydroxylation is 1. The predicted molar refractivity (Wildman–Crippen MR) is 110 cm³/mol. The Bertz CT molecular complexity index is 690. The second kappa shape index (κ2) is 10.0. The van der Waals surface area contributed by atoms with Crippen molar-refractivity contribution in [2.75, 3.05) is 19.0 Å². The van der Waals surface area contributed by atoms with Gasteiger partial charge in [0.2, 0.25) is 0 Å². The molecular weight excluding hydrogens is 417 g/mol. The maximum absolute atomic E-state index is 5.96. The van der Waals surface area contributed by atoms with Crippen molar-refractivity contribution in [1.82, 2.24) is 0 Å². The van der Waals surface area contributed by atoms with E-state index in [0.29, 0.717) is 19.1 Å². The lowest BCUT2D eigenvalue weighted by Crippen LogP contribution is -2.22. The average Bonchev–Trinajstić information content (AvgIpc) is 2.54. The van der Waals surface area contributed by atoms with Crippen LogP contribution in [0.3, 0.4) is 0 Å². The van der Waals surface area contributed by atoms with Gasteiger partial charge in [-0.1, -0.05) is 18.2 Å². The highest BCUT2D eigenvalue weighted by Gasteiger charge is 2.04. The van der Waals surface area contributed by atoms with Gasteiger partial charge in [0, 0.05) is 17.3 Å². The predicted octanol–water partition coefficient (Wildman–Crippen LogP) is 3.95. The van der Waals surface area contributed by atoms with Crippen LogP contribution < -0.4 is 20.5 Å². The van der Waals surface area contributed by atoms with Crippen LogP contribution >= 0.6 is 24.0 Å². The van der Waals surface area contributed by atoms with Gasteiger partial charge < -0.3 is 20.5 Å². The number of nitrogens with one attached hydrogen (secondary N) is 1. The molecule has 0 unspecified atom stereocenters. The highest BCUT2D eigenvalue weighted by Crippen LogP contribution is 2.21. The summed E-state index contributed by atoms with van der Waals surface area (Å²) in [5.74, 6) is 1.96. The van der Waals surface area contributed by atoms with Gasteiger partial charge in [-0.3, -0.25) is 0 Å². The van der Waals surface area contributed by atoms with E-state index in [1.54, 1.807) is 7.11 Å². The SMILES string of the molecule is CCOc1cc(C)ccc1CN=C(N)Nc1cccc(OC)c1.I. The number of nitrogens with zero attached hydrogens (tertiary/aromatic N) is 1. The number of methoxy groups -OCH3 is 1. The third kappa shape index (κ3) is 5.92. The minimum atomic E-state index is 0. The topological polar surface area (TPSA) is 68.9 Å². The van der Waals surface area contributed by atoms with Crippen molar-refractivity contribution in [3.63, 3.8) is 0 Å². The number of anilines is 1. The fourth-order valence-corrected chi connectivity index (χ4v) is 2.14. The number of ether oxygens (including phenoxy) is 2. The molecule has 0 aliphatic rings. The van der Waals surface area contributed by atoms with Crippen LogP contribution in [0, 0.1) is 6.92 Å². The third-order valence-electron chi connectivity index (χ3n) is 3.28. The summed E-state index contributed by atoms with van der Waals surface area (Å²) >= 11 is 0. The van der Waals surface area contributed by atoms with Gasteiger partial charge in [-0.2, -0.15) is 0 Å². The number of aliphatic imine (C=N–C) groups is 1. The third-order valence-corrected chi connectivity index (χ3v) is 3.28. The summed E-state index contributed by atoms with van der Waals surface area (Å²) in [6.45, 7) is 5.08. The number of benzene rings is 2. The van der Waals surface area contributed by atoms with E-state index in [1.807, 2.05) is 56.3 Å². The Balaban J connectivity index is 0.00000288. The van der Waals surface area contributed by atoms with E-state index in [-0.39, 0.29) is 24.0 Å². The maximum atomic E-state index is 5.96. The molecule has 0 radical (unpaired) electrons. The zero-order valence-electron chi connectivity index (χ0n) is 14.2. The number of hydrogen-bond acceptors (Lipinski definition) is 3. The molecule has 2 aromatic carbocycles. The lowest BCUT2D eigenvalue weighted by atomic mass is 10.1. The maximum Gasteiger partial charge on any atom is 0.193 e. The highest BCUT2D eigenvalue weighted by atomic mass is 127. The van der Waals surface area contributed by atoms with Gasteiger partial charge in [-0.05, 0) is 37.6 Å². The van der Waals surface area contributed by atoms with E-state index in [1.165, 1.54) is 0 Å². The second-order valence-corrected chi connectivity index (χ2v) is 5.10. The molecule has 24 heavy (non-hydrogen) atoms. The van der Waals surface area contributed by atoms with Crippen molar-refractivity contribution < 1.29 is 9.47 Å². The minimum Gasteiger partial charge on any atom is -0.497 e. The molecule has 130 valence electrons. The summed E-state index contributed by atoms with van der Waals surface area (Å²) in [7, 11) is 1.63. The molecule has 0 aliphatic heterocycles. The van der Waals surface area contributed by atoms with Crippen LogP contribution in [0.1, 0.15) is 18.1 Å². The molecule has 0 amide bonds. The van der Waals surface area contributed by atoms with Crippen molar-refractivity contribution >= 4 is 35.6 Å². The molecule has 0 bridgehead atoms. The van der Waals surface area contributed by atoms with E-state index < -0.39 is 0 Å². The van der Waals surface area contributed by atoms with Gasteiger partial charge in [0.1, 0.15) is 11.5 Å². The molecule has 2 rings (SSSR count). The van der Waals surface area contributed by atoms with Crippen LogP contribution in [0.2, 0.25) is 0 Å². The van der Waals surface area contributed by atoms with Crippen molar-refractivity contribution in [3.8, 4) is 11.5 Å². The Kier molecular flexibility index (Phi) is 8.39. The summed E-state index contributed by atoms with van der Waals surface area (Å²) in [5, 5.41) is 3.06. The summed E-state index contributed by atoms with van der Waals surface area (Å²) in [6, 6.07) is 13.6. The molecule has 0 aromatic heterocycles. The van der Waals surface area contributed by atoms with Crippen LogP contribution in [-0.2, 0) is 6.54 Å². The Morgan fingerprint density at radius 2 is 2.00 bits per heavy atom. The van der Waals surface area contributed by atoms with E-state index in [0.717, 1.165) is 28.3 Å². The van der Waals surface area contributed by atoms with E-state index in [9.17, 15) is 0 Å². The Hall–Kier alpha value is -1.96. The van der Waals surface area contributed by atoms with Crippen LogP contribution in [-0.4, -0.2) is 19.7 Å². The monoisotopic (exact) mass is 441 g/mol. The second-order valence-electron chi connectivity index (χ2n) is 5.10. The number of hydrogen-bond donors (Lipinski definition) is 2. The van der Waals surface area contributed by atoms with Gasteiger partial charge in [-0.15, -0.1) is 24.0 Å². The highest BCUT2D eigenvalue weighted by molar-refractivity contribution is 14.0. The van der Waals surface area contributed by atoms with Gasteiger partial charge >= 0.3 is 0 Å². The quantitative estimate of drug-likeness (QED) is 0.405. The zero-order valence-corrected chi connectivity index (χ0v) is 16.5. The molecule has 0 fully saturated rings. The molecule has 3 N–H and O–H groups in total. The van der Waals surface area contributed by atoms with Crippen LogP contribution in [0.5, 0.6) is 11.5 Å². The van der Waals surface area contributed by atoms with Crippen LogP contribution in [0.4, 0.5) is 5.69 Å². The summed E-state index contributed by atoms with van der Waals surface area (Å²) in [6.07, 6.45) is 0. The molecule has 6 heteroatoms. The molecule has 0 atom stereocenters. The summed E-state index contributed by atoms with van der Waals surface area (Å²) < 4.78 is 10.8. The Morgan fingerprint density at radius 1 is 1.21 bits per heavy atom. The summed E-state index contributed by atoms with van der Waals surface area (Å²) in [5.41, 5.74) is 8.95. The molecule has 0 saturated carbocycles. The van der Waals surface area contributed by atoms with Crippen LogP contribution in [0.25, 0.3) is 0 Å². The number of rotatable bonds is 6. The smallest absolute Gasteiger partial charge is 0.193 e. The Morgan fingerprint density at radius 3 is 2.71 bits per heavy atom.